The summed E-state index contributed by atoms with van der Waals surface area (Å²) in [7, 11) is 0. The molecule has 3 nitrogen and oxygen atoms in total. The second-order valence-electron chi connectivity index (χ2n) is 2.96. The van der Waals surface area contributed by atoms with E-state index in [0.29, 0.717) is 5.52 Å². The Balaban J connectivity index is 2.48. The van der Waals surface area contributed by atoms with Crippen molar-refractivity contribution in [2.24, 2.45) is 0 Å². The summed E-state index contributed by atoms with van der Waals surface area (Å²) >= 11 is 5.59. The predicted octanol–water partition coefficient (Wildman–Crippen LogP) is 2.65. The molecule has 7 heteroatoms. The van der Waals surface area contributed by atoms with Crippen LogP contribution >= 0.6 is 11.6 Å². The van der Waals surface area contributed by atoms with E-state index in [9.17, 15) is 13.2 Å². The molecule has 0 fully saturated rings. The van der Waals surface area contributed by atoms with Gasteiger partial charge in [0.1, 0.15) is 17.2 Å². The fourth-order valence-electron chi connectivity index (χ4n) is 1.23. The Hall–Kier alpha value is -1.30. The third-order valence-electron chi connectivity index (χ3n) is 1.78. The van der Waals surface area contributed by atoms with Crippen molar-refractivity contribution < 1.29 is 13.2 Å². The van der Waals surface area contributed by atoms with E-state index in [-0.39, 0.29) is 10.8 Å². The highest BCUT2D eigenvalue weighted by atomic mass is 35.5. The van der Waals surface area contributed by atoms with Crippen LogP contribution in [-0.2, 0) is 6.54 Å². The van der Waals surface area contributed by atoms with Gasteiger partial charge in [-0.15, -0.1) is 0 Å². The van der Waals surface area contributed by atoms with E-state index in [1.165, 1.54) is 12.1 Å². The van der Waals surface area contributed by atoms with Gasteiger partial charge in [0.15, 0.2) is 5.65 Å². The van der Waals surface area contributed by atoms with Crippen LogP contribution in [0, 0.1) is 0 Å². The zero-order valence-electron chi connectivity index (χ0n) is 7.29. The zero-order valence-corrected chi connectivity index (χ0v) is 8.05. The predicted molar refractivity (Wildman–Crippen MR) is 48.6 cm³/mol. The topological polar surface area (TPSA) is 30.7 Å². The highest BCUT2D eigenvalue weighted by Crippen LogP contribution is 2.21. The molecule has 0 saturated carbocycles. The molecule has 0 aromatic carbocycles. The lowest BCUT2D eigenvalue weighted by Crippen LogP contribution is -2.17. The van der Waals surface area contributed by atoms with Crippen LogP contribution in [0.25, 0.3) is 11.2 Å². The van der Waals surface area contributed by atoms with Crippen molar-refractivity contribution >= 4 is 22.8 Å². The van der Waals surface area contributed by atoms with Gasteiger partial charge in [-0.1, -0.05) is 11.6 Å². The highest BCUT2D eigenvalue weighted by molar-refractivity contribution is 6.29. The minimum Gasteiger partial charge on any atom is -0.306 e. The van der Waals surface area contributed by atoms with Crippen LogP contribution in [0.1, 0.15) is 0 Å². The largest absolute Gasteiger partial charge is 0.406 e. The molecule has 0 aliphatic carbocycles. The molecule has 2 aromatic heterocycles. The Kier molecular flexibility index (Phi) is 2.30. The van der Waals surface area contributed by atoms with E-state index >= 15 is 0 Å². The maximum atomic E-state index is 12.1. The number of hydrogen-bond acceptors (Lipinski definition) is 2. The van der Waals surface area contributed by atoms with E-state index in [2.05, 4.69) is 9.97 Å². The molecule has 0 amide bonds. The zero-order chi connectivity index (χ0) is 11.1. The van der Waals surface area contributed by atoms with Crippen molar-refractivity contribution in [2.45, 2.75) is 12.7 Å². The molecule has 0 saturated heterocycles. The van der Waals surface area contributed by atoms with E-state index in [1.54, 1.807) is 0 Å². The van der Waals surface area contributed by atoms with Crippen molar-refractivity contribution in [1.82, 2.24) is 14.5 Å². The van der Waals surface area contributed by atoms with Crippen LogP contribution < -0.4 is 0 Å². The first-order chi connectivity index (χ1) is 6.96. The monoisotopic (exact) mass is 235 g/mol. The number of halogens is 4. The van der Waals surface area contributed by atoms with Gasteiger partial charge < -0.3 is 4.57 Å². The Morgan fingerprint density at radius 1 is 1.33 bits per heavy atom. The normalized spacial score (nSPS) is 12.3. The molecule has 0 unspecified atom stereocenters. The lowest BCUT2D eigenvalue weighted by molar-refractivity contribution is -0.140. The molecule has 0 radical (unpaired) electrons. The van der Waals surface area contributed by atoms with Crippen LogP contribution in [0.3, 0.4) is 0 Å². The Morgan fingerprint density at radius 3 is 2.73 bits per heavy atom. The Bertz CT molecular complexity index is 491. The summed E-state index contributed by atoms with van der Waals surface area (Å²) in [5.41, 5.74) is 0.531. The highest BCUT2D eigenvalue weighted by Gasteiger charge is 2.28. The number of pyridine rings is 1. The molecule has 0 N–H and O–H groups in total. The van der Waals surface area contributed by atoms with Crippen LogP contribution in [0.2, 0.25) is 5.15 Å². The first-order valence-corrected chi connectivity index (χ1v) is 4.38. The van der Waals surface area contributed by atoms with Crippen LogP contribution in [-0.4, -0.2) is 20.7 Å². The van der Waals surface area contributed by atoms with E-state index in [0.717, 1.165) is 10.9 Å². The first kappa shape index (κ1) is 10.2. The lowest BCUT2D eigenvalue weighted by Gasteiger charge is -2.07. The minimum absolute atomic E-state index is 0.139. The number of imidazole rings is 1. The second kappa shape index (κ2) is 3.37. The Morgan fingerprint density at radius 2 is 2.07 bits per heavy atom. The van der Waals surface area contributed by atoms with Crippen molar-refractivity contribution in [1.29, 1.82) is 0 Å². The van der Waals surface area contributed by atoms with Gasteiger partial charge in [-0.25, -0.2) is 9.97 Å². The van der Waals surface area contributed by atoms with Gasteiger partial charge in [0.05, 0.1) is 6.33 Å². The molecule has 2 aromatic rings. The number of hydrogen-bond donors (Lipinski definition) is 0. The summed E-state index contributed by atoms with van der Waals surface area (Å²) in [6.07, 6.45) is -3.20. The number of alkyl halides is 3. The fourth-order valence-corrected chi connectivity index (χ4v) is 1.37. The van der Waals surface area contributed by atoms with Gasteiger partial charge in [0, 0.05) is 0 Å². The van der Waals surface area contributed by atoms with Crippen molar-refractivity contribution in [3.05, 3.63) is 23.6 Å². The molecule has 0 aliphatic rings. The van der Waals surface area contributed by atoms with Crippen molar-refractivity contribution in [2.75, 3.05) is 0 Å². The summed E-state index contributed by atoms with van der Waals surface area (Å²) in [4.78, 5) is 7.57. The molecule has 15 heavy (non-hydrogen) atoms. The summed E-state index contributed by atoms with van der Waals surface area (Å²) in [5.74, 6) is 0. The molecular formula is C8H5ClF3N3. The average molecular weight is 236 g/mol. The average Bonchev–Trinajstić information content (AvgIpc) is 2.46. The minimum atomic E-state index is -4.29. The summed E-state index contributed by atoms with van der Waals surface area (Å²) in [5, 5.41) is 0.145. The van der Waals surface area contributed by atoms with E-state index in [4.69, 9.17) is 11.6 Å². The first-order valence-electron chi connectivity index (χ1n) is 4.00. The fraction of sp³-hybridized carbons (Fsp3) is 0.250. The summed E-state index contributed by atoms with van der Waals surface area (Å²) < 4.78 is 37.3. The van der Waals surface area contributed by atoms with Gasteiger partial charge in [0.25, 0.3) is 0 Å². The SMILES string of the molecule is FC(F)(F)Cn1cnc2ccc(Cl)nc21. The maximum absolute atomic E-state index is 12.1. The third kappa shape index (κ3) is 2.20. The van der Waals surface area contributed by atoms with Crippen LogP contribution in [0.4, 0.5) is 13.2 Å². The standard InChI is InChI=1S/C8H5ClF3N3/c9-6-2-1-5-7(14-6)15(4-13-5)3-8(10,11)12/h1-2,4H,3H2. The molecule has 0 bridgehead atoms. The van der Waals surface area contributed by atoms with Crippen LogP contribution in [0.5, 0.6) is 0 Å². The molecule has 2 heterocycles. The lowest BCUT2D eigenvalue weighted by atomic mass is 10.4. The van der Waals surface area contributed by atoms with Crippen molar-refractivity contribution in [3.63, 3.8) is 0 Å². The molecular weight excluding hydrogens is 231 g/mol. The summed E-state index contributed by atoms with van der Waals surface area (Å²) in [6.45, 7) is -1.11. The molecule has 0 spiro atoms. The number of fused-ring (bicyclic) bond motifs is 1. The second-order valence-corrected chi connectivity index (χ2v) is 3.35. The molecule has 2 rings (SSSR count). The van der Waals surface area contributed by atoms with E-state index in [1.807, 2.05) is 0 Å². The molecule has 0 atom stereocenters. The number of nitrogens with zero attached hydrogens (tertiary/aromatic N) is 3. The van der Waals surface area contributed by atoms with Crippen LogP contribution in [0.15, 0.2) is 18.5 Å². The van der Waals surface area contributed by atoms with Gasteiger partial charge in [-0.2, -0.15) is 13.2 Å². The number of aromatic nitrogens is 3. The maximum Gasteiger partial charge on any atom is 0.406 e. The van der Waals surface area contributed by atoms with Gasteiger partial charge in [0.2, 0.25) is 0 Å². The number of rotatable bonds is 1. The molecule has 0 aliphatic heterocycles. The third-order valence-corrected chi connectivity index (χ3v) is 1.99. The van der Waals surface area contributed by atoms with E-state index < -0.39 is 12.7 Å². The van der Waals surface area contributed by atoms with Gasteiger partial charge >= 0.3 is 6.18 Å². The Labute approximate surface area is 87.5 Å². The van der Waals surface area contributed by atoms with Gasteiger partial charge in [-0.05, 0) is 12.1 Å². The smallest absolute Gasteiger partial charge is 0.306 e. The molecule has 80 valence electrons. The summed E-state index contributed by atoms with van der Waals surface area (Å²) in [6, 6.07) is 3.01. The van der Waals surface area contributed by atoms with Gasteiger partial charge in [-0.3, -0.25) is 0 Å². The quantitative estimate of drug-likeness (QED) is 0.712. The van der Waals surface area contributed by atoms with Crippen molar-refractivity contribution in [3.8, 4) is 0 Å².